The Labute approximate surface area is 181 Å². The van der Waals surface area contributed by atoms with Gasteiger partial charge in [0.25, 0.3) is 0 Å². The summed E-state index contributed by atoms with van der Waals surface area (Å²) in [7, 11) is 0. The summed E-state index contributed by atoms with van der Waals surface area (Å²) in [6.45, 7) is 14.3. The van der Waals surface area contributed by atoms with Crippen LogP contribution in [0.1, 0.15) is 81.6 Å². The third-order valence-electron chi connectivity index (χ3n) is 5.34. The first-order chi connectivity index (χ1) is 13.4. The van der Waals surface area contributed by atoms with Gasteiger partial charge in [0.1, 0.15) is 0 Å². The molecule has 1 N–H and O–H groups in total. The number of carboxylic acid groups (broad SMARTS) is 1. The molecule has 1 unspecified atom stereocenters. The van der Waals surface area contributed by atoms with E-state index in [4.69, 9.17) is 4.74 Å². The fraction of sp³-hybridized carbons (Fsp3) is 0.565. The number of aryl methyl sites for hydroxylation is 2. The summed E-state index contributed by atoms with van der Waals surface area (Å²) < 4.78 is 10.7. The number of allylic oxidation sites excluding steroid dienone is 2. The Kier molecular flexibility index (Phi) is 6.10. The molecular weight excluding hydrogens is 402 g/mol. The zero-order valence-electron chi connectivity index (χ0n) is 18.4. The molecular formula is C23H31NO3S2. The third kappa shape index (κ3) is 4.81. The second-order valence-electron chi connectivity index (χ2n) is 9.67. The molecule has 0 aromatic carbocycles. The maximum atomic E-state index is 12.3. The fourth-order valence-corrected chi connectivity index (χ4v) is 5.75. The Morgan fingerprint density at radius 1 is 1.31 bits per heavy atom. The number of aromatic nitrogens is 1. The summed E-state index contributed by atoms with van der Waals surface area (Å²) in [5.41, 5.74) is 4.88. The lowest BCUT2D eigenvalue weighted by Gasteiger charge is -2.30. The molecule has 1 aliphatic rings. The van der Waals surface area contributed by atoms with Gasteiger partial charge in [0, 0.05) is 21.4 Å². The van der Waals surface area contributed by atoms with Gasteiger partial charge in [-0.25, -0.2) is 4.79 Å². The Bertz CT molecular complexity index is 944. The quantitative estimate of drug-likeness (QED) is 0.550. The molecule has 29 heavy (non-hydrogen) atoms. The molecule has 0 radical (unpaired) electrons. The van der Waals surface area contributed by atoms with Gasteiger partial charge in [-0.15, -0.1) is 11.3 Å². The number of rotatable bonds is 5. The van der Waals surface area contributed by atoms with Crippen molar-refractivity contribution in [3.63, 3.8) is 0 Å². The topological polar surface area (TPSA) is 59.4 Å². The van der Waals surface area contributed by atoms with E-state index in [-0.39, 0.29) is 5.41 Å². The molecule has 1 atom stereocenters. The first kappa shape index (κ1) is 22.2. The van der Waals surface area contributed by atoms with E-state index in [1.54, 1.807) is 11.3 Å². The Hall–Kier alpha value is -1.50. The van der Waals surface area contributed by atoms with Crippen LogP contribution in [-0.4, -0.2) is 21.1 Å². The van der Waals surface area contributed by atoms with E-state index < -0.39 is 17.7 Å². The maximum absolute atomic E-state index is 12.3. The van der Waals surface area contributed by atoms with Gasteiger partial charge >= 0.3 is 5.97 Å². The van der Waals surface area contributed by atoms with Gasteiger partial charge in [-0.1, -0.05) is 19.9 Å². The molecule has 4 nitrogen and oxygen atoms in total. The van der Waals surface area contributed by atoms with Crippen molar-refractivity contribution in [2.75, 3.05) is 0 Å². The average molecular weight is 434 g/mol. The molecule has 2 heterocycles. The van der Waals surface area contributed by atoms with Crippen molar-refractivity contribution in [1.82, 2.24) is 4.37 Å². The predicted octanol–water partition coefficient (Wildman–Crippen LogP) is 7.02. The predicted molar refractivity (Wildman–Crippen MR) is 122 cm³/mol. The fourth-order valence-electron chi connectivity index (χ4n) is 3.76. The van der Waals surface area contributed by atoms with Gasteiger partial charge in [-0.3, -0.25) is 0 Å². The van der Waals surface area contributed by atoms with E-state index in [1.165, 1.54) is 17.1 Å². The lowest BCUT2D eigenvalue weighted by atomic mass is 9.76. The van der Waals surface area contributed by atoms with Gasteiger partial charge < -0.3 is 9.84 Å². The van der Waals surface area contributed by atoms with Gasteiger partial charge in [-0.05, 0) is 82.0 Å². The molecule has 3 rings (SSSR count). The van der Waals surface area contributed by atoms with Crippen LogP contribution in [0.3, 0.4) is 0 Å². The van der Waals surface area contributed by atoms with E-state index in [2.05, 4.69) is 31.2 Å². The van der Waals surface area contributed by atoms with E-state index in [9.17, 15) is 9.90 Å². The summed E-state index contributed by atoms with van der Waals surface area (Å²) in [5, 5.41) is 12.1. The summed E-state index contributed by atoms with van der Waals surface area (Å²) in [4.78, 5) is 14.3. The SMILES string of the molecule is Cc1csnc1-c1sc(C)c(C(OC(C)(C)C)C(=O)O)c1C1=CCC(C)(C)CC1. The Balaban J connectivity index is 2.23. The second-order valence-corrected chi connectivity index (χ2v) is 11.5. The number of carbonyl (C=O) groups is 1. The van der Waals surface area contributed by atoms with Crippen LogP contribution in [0.15, 0.2) is 11.5 Å². The number of thiophene rings is 1. The lowest BCUT2D eigenvalue weighted by molar-refractivity contribution is -0.160. The van der Waals surface area contributed by atoms with Crippen LogP contribution in [0.4, 0.5) is 0 Å². The molecule has 2 aromatic rings. The number of hydrogen-bond donors (Lipinski definition) is 1. The largest absolute Gasteiger partial charge is 0.479 e. The van der Waals surface area contributed by atoms with E-state index in [0.29, 0.717) is 0 Å². The number of nitrogens with zero attached hydrogens (tertiary/aromatic N) is 1. The molecule has 1 aliphatic carbocycles. The van der Waals surface area contributed by atoms with Crippen molar-refractivity contribution in [2.45, 2.75) is 79.4 Å². The molecule has 6 heteroatoms. The molecule has 2 aromatic heterocycles. The van der Waals surface area contributed by atoms with Crippen molar-refractivity contribution in [3.8, 4) is 10.6 Å². The van der Waals surface area contributed by atoms with Crippen LogP contribution in [-0.2, 0) is 9.53 Å². The number of hydrogen-bond acceptors (Lipinski definition) is 5. The van der Waals surface area contributed by atoms with Crippen molar-refractivity contribution in [1.29, 1.82) is 0 Å². The molecule has 0 saturated heterocycles. The lowest BCUT2D eigenvalue weighted by Crippen LogP contribution is -2.28. The first-order valence-corrected chi connectivity index (χ1v) is 11.7. The number of ether oxygens (including phenoxy) is 1. The highest BCUT2D eigenvalue weighted by atomic mass is 32.1. The van der Waals surface area contributed by atoms with Crippen LogP contribution >= 0.6 is 22.9 Å². The smallest absolute Gasteiger partial charge is 0.337 e. The molecule has 0 aliphatic heterocycles. The van der Waals surface area contributed by atoms with Crippen molar-refractivity contribution < 1.29 is 14.6 Å². The van der Waals surface area contributed by atoms with Crippen molar-refractivity contribution in [3.05, 3.63) is 33.0 Å². The maximum Gasteiger partial charge on any atom is 0.337 e. The molecule has 158 valence electrons. The zero-order valence-corrected chi connectivity index (χ0v) is 20.0. The minimum absolute atomic E-state index is 0.277. The van der Waals surface area contributed by atoms with E-state index in [0.717, 1.165) is 51.4 Å². The molecule has 0 amide bonds. The third-order valence-corrected chi connectivity index (χ3v) is 7.22. The molecule has 0 bridgehead atoms. The Morgan fingerprint density at radius 3 is 2.48 bits per heavy atom. The standard InChI is InChI=1S/C23H31NO3S2/c1-13-12-28-24-18(13)20-17(15-8-10-23(6,7)11-9-15)16(14(2)29-20)19(21(25)26)27-22(3,4)5/h8,12,19H,9-11H2,1-7H3,(H,25,26). The van der Waals surface area contributed by atoms with Crippen molar-refractivity contribution in [2.24, 2.45) is 5.41 Å². The van der Waals surface area contributed by atoms with Gasteiger partial charge in [-0.2, -0.15) is 4.37 Å². The Morgan fingerprint density at radius 2 is 2.00 bits per heavy atom. The highest BCUT2D eigenvalue weighted by Crippen LogP contribution is 2.49. The molecule has 0 spiro atoms. The van der Waals surface area contributed by atoms with Gasteiger partial charge in [0.2, 0.25) is 0 Å². The van der Waals surface area contributed by atoms with Gasteiger partial charge in [0.05, 0.1) is 16.2 Å². The highest BCUT2D eigenvalue weighted by Gasteiger charge is 2.35. The number of carboxylic acids is 1. The molecule has 0 saturated carbocycles. The number of aliphatic carboxylic acids is 1. The summed E-state index contributed by atoms with van der Waals surface area (Å²) >= 11 is 3.08. The van der Waals surface area contributed by atoms with Crippen LogP contribution in [0.2, 0.25) is 0 Å². The normalized spacial score (nSPS) is 17.8. The summed E-state index contributed by atoms with van der Waals surface area (Å²) in [6.07, 6.45) is 4.32. The zero-order chi connectivity index (χ0) is 21.6. The van der Waals surface area contributed by atoms with Crippen LogP contribution < -0.4 is 0 Å². The second kappa shape index (κ2) is 7.97. The average Bonchev–Trinajstić information content (AvgIpc) is 3.15. The molecule has 0 fully saturated rings. The van der Waals surface area contributed by atoms with Crippen LogP contribution in [0, 0.1) is 19.3 Å². The van der Waals surface area contributed by atoms with Crippen LogP contribution in [0.25, 0.3) is 16.1 Å². The van der Waals surface area contributed by atoms with E-state index in [1.807, 2.05) is 33.1 Å². The van der Waals surface area contributed by atoms with Gasteiger partial charge in [0.15, 0.2) is 6.10 Å². The highest BCUT2D eigenvalue weighted by molar-refractivity contribution is 7.16. The van der Waals surface area contributed by atoms with Crippen molar-refractivity contribution >= 4 is 34.4 Å². The first-order valence-electron chi connectivity index (χ1n) is 10.0. The minimum Gasteiger partial charge on any atom is -0.479 e. The van der Waals surface area contributed by atoms with E-state index >= 15 is 0 Å². The summed E-state index contributed by atoms with van der Waals surface area (Å²) in [6, 6.07) is 0. The summed E-state index contributed by atoms with van der Waals surface area (Å²) in [5.74, 6) is -0.944. The minimum atomic E-state index is -0.996. The monoisotopic (exact) mass is 433 g/mol. The van der Waals surface area contributed by atoms with Crippen LogP contribution in [0.5, 0.6) is 0 Å².